The van der Waals surface area contributed by atoms with Crippen molar-refractivity contribution in [1.82, 2.24) is 10.3 Å². The summed E-state index contributed by atoms with van der Waals surface area (Å²) in [7, 11) is 0. The van der Waals surface area contributed by atoms with Crippen molar-refractivity contribution >= 4 is 22.7 Å². The molecule has 0 saturated carbocycles. The molecule has 3 rings (SSSR count). The molecule has 104 valence electrons. The molecule has 5 heteroatoms. The van der Waals surface area contributed by atoms with E-state index in [0.717, 1.165) is 43.9 Å². The van der Waals surface area contributed by atoms with Crippen molar-refractivity contribution < 1.29 is 9.90 Å². The third kappa shape index (κ3) is 2.44. The van der Waals surface area contributed by atoms with Crippen molar-refractivity contribution in [1.29, 1.82) is 0 Å². The summed E-state index contributed by atoms with van der Waals surface area (Å²) < 4.78 is 0. The van der Waals surface area contributed by atoms with Gasteiger partial charge < -0.3 is 15.3 Å². The molecule has 0 radical (unpaired) electrons. The quantitative estimate of drug-likeness (QED) is 0.871. The predicted molar refractivity (Wildman–Crippen MR) is 78.4 cm³/mol. The molecule has 1 fully saturated rings. The molecule has 2 heterocycles. The highest BCUT2D eigenvalue weighted by Crippen LogP contribution is 2.23. The summed E-state index contributed by atoms with van der Waals surface area (Å²) in [5.74, 6) is -0.150. The minimum absolute atomic E-state index is 0.322. The third-order valence-electron chi connectivity index (χ3n) is 3.60. The van der Waals surface area contributed by atoms with Crippen molar-refractivity contribution in [3.63, 3.8) is 0 Å². The lowest BCUT2D eigenvalue weighted by molar-refractivity contribution is 0.0699. The molecular weight excluding hydrogens is 254 g/mol. The van der Waals surface area contributed by atoms with Crippen LogP contribution in [0.1, 0.15) is 16.8 Å². The van der Waals surface area contributed by atoms with E-state index in [4.69, 9.17) is 0 Å². The van der Waals surface area contributed by atoms with Crippen molar-refractivity contribution in [3.05, 3.63) is 35.9 Å². The molecule has 0 amide bonds. The SMILES string of the molecule is O=C(O)c1cc(N2CCCNCC2)nc2ccccc12. The van der Waals surface area contributed by atoms with Crippen molar-refractivity contribution in [2.75, 3.05) is 31.1 Å². The minimum atomic E-state index is -0.905. The smallest absolute Gasteiger partial charge is 0.336 e. The number of carboxylic acids is 1. The lowest BCUT2D eigenvalue weighted by Crippen LogP contribution is -2.28. The highest BCUT2D eigenvalue weighted by Gasteiger charge is 2.16. The average molecular weight is 271 g/mol. The van der Waals surface area contributed by atoms with Gasteiger partial charge in [0.05, 0.1) is 11.1 Å². The molecule has 1 aromatic carbocycles. The number of para-hydroxylation sites is 1. The Morgan fingerprint density at radius 2 is 2.10 bits per heavy atom. The van der Waals surface area contributed by atoms with Gasteiger partial charge in [0.1, 0.15) is 5.82 Å². The number of pyridine rings is 1. The number of carboxylic acid groups (broad SMARTS) is 1. The Morgan fingerprint density at radius 3 is 2.95 bits per heavy atom. The first kappa shape index (κ1) is 12.9. The molecule has 0 spiro atoms. The fourth-order valence-electron chi connectivity index (χ4n) is 2.58. The standard InChI is InChI=1S/C15H17N3O2/c19-15(20)12-10-14(18-8-3-6-16-7-9-18)17-13-5-2-1-4-11(12)13/h1-2,4-5,10,16H,3,6-9H2,(H,19,20). The van der Waals surface area contributed by atoms with Gasteiger partial charge in [0.15, 0.2) is 0 Å². The maximum atomic E-state index is 11.5. The molecule has 1 aromatic heterocycles. The Kier molecular flexibility index (Phi) is 3.52. The molecule has 2 aromatic rings. The predicted octanol–water partition coefficient (Wildman–Crippen LogP) is 1.73. The van der Waals surface area contributed by atoms with Gasteiger partial charge >= 0.3 is 5.97 Å². The zero-order valence-corrected chi connectivity index (χ0v) is 11.2. The zero-order valence-electron chi connectivity index (χ0n) is 11.2. The number of nitrogens with one attached hydrogen (secondary N) is 1. The van der Waals surface area contributed by atoms with E-state index in [0.29, 0.717) is 10.9 Å². The molecule has 0 atom stereocenters. The largest absolute Gasteiger partial charge is 0.478 e. The first-order valence-electron chi connectivity index (χ1n) is 6.84. The summed E-state index contributed by atoms with van der Waals surface area (Å²) in [5.41, 5.74) is 1.06. The number of hydrogen-bond donors (Lipinski definition) is 2. The Balaban J connectivity index is 2.09. The number of fused-ring (bicyclic) bond motifs is 1. The van der Waals surface area contributed by atoms with Crippen LogP contribution in [0.15, 0.2) is 30.3 Å². The number of benzene rings is 1. The van der Waals surface area contributed by atoms with Gasteiger partial charge in [0.25, 0.3) is 0 Å². The van der Waals surface area contributed by atoms with Crippen molar-refractivity contribution in [2.45, 2.75) is 6.42 Å². The molecule has 2 N–H and O–H groups in total. The second-order valence-electron chi connectivity index (χ2n) is 4.94. The molecule has 0 aliphatic carbocycles. The maximum absolute atomic E-state index is 11.5. The number of anilines is 1. The van der Waals surface area contributed by atoms with Crippen LogP contribution in [0, 0.1) is 0 Å². The van der Waals surface area contributed by atoms with E-state index in [1.54, 1.807) is 12.1 Å². The first-order chi connectivity index (χ1) is 9.75. The Hall–Kier alpha value is -2.14. The van der Waals surface area contributed by atoms with E-state index in [1.165, 1.54) is 0 Å². The molecule has 1 aliphatic rings. The van der Waals surface area contributed by atoms with Gasteiger partial charge in [-0.05, 0) is 25.1 Å². The maximum Gasteiger partial charge on any atom is 0.336 e. The monoisotopic (exact) mass is 271 g/mol. The van der Waals surface area contributed by atoms with Crippen LogP contribution >= 0.6 is 0 Å². The number of rotatable bonds is 2. The Morgan fingerprint density at radius 1 is 1.25 bits per heavy atom. The molecule has 5 nitrogen and oxygen atoms in total. The van der Waals surface area contributed by atoms with Gasteiger partial charge in [0, 0.05) is 25.0 Å². The molecule has 1 aliphatic heterocycles. The van der Waals surface area contributed by atoms with Crippen LogP contribution in [0.2, 0.25) is 0 Å². The average Bonchev–Trinajstić information content (AvgIpc) is 2.75. The number of carbonyl (C=O) groups is 1. The van der Waals surface area contributed by atoms with E-state index >= 15 is 0 Å². The zero-order chi connectivity index (χ0) is 13.9. The lowest BCUT2D eigenvalue weighted by Gasteiger charge is -2.22. The van der Waals surface area contributed by atoms with Gasteiger partial charge in [0.2, 0.25) is 0 Å². The van der Waals surface area contributed by atoms with Crippen LogP contribution in [0.3, 0.4) is 0 Å². The molecular formula is C15H17N3O2. The third-order valence-corrected chi connectivity index (χ3v) is 3.60. The highest BCUT2D eigenvalue weighted by atomic mass is 16.4. The molecule has 0 unspecified atom stereocenters. The molecule has 20 heavy (non-hydrogen) atoms. The number of aromatic nitrogens is 1. The Labute approximate surface area is 117 Å². The minimum Gasteiger partial charge on any atom is -0.478 e. The normalized spacial score (nSPS) is 16.1. The summed E-state index contributed by atoms with van der Waals surface area (Å²) >= 11 is 0. The van der Waals surface area contributed by atoms with Gasteiger partial charge in [-0.25, -0.2) is 9.78 Å². The second-order valence-corrected chi connectivity index (χ2v) is 4.94. The molecule has 0 bridgehead atoms. The van der Waals surface area contributed by atoms with E-state index in [2.05, 4.69) is 15.2 Å². The van der Waals surface area contributed by atoms with Crippen LogP contribution in [-0.4, -0.2) is 42.2 Å². The summed E-state index contributed by atoms with van der Waals surface area (Å²) in [5, 5.41) is 13.4. The Bertz CT molecular complexity index is 634. The fraction of sp³-hybridized carbons (Fsp3) is 0.333. The highest BCUT2D eigenvalue weighted by molar-refractivity contribution is 6.03. The van der Waals surface area contributed by atoms with E-state index in [-0.39, 0.29) is 0 Å². The number of hydrogen-bond acceptors (Lipinski definition) is 4. The summed E-state index contributed by atoms with van der Waals surface area (Å²) in [6.45, 7) is 3.65. The van der Waals surface area contributed by atoms with Crippen molar-refractivity contribution in [2.24, 2.45) is 0 Å². The van der Waals surface area contributed by atoms with Gasteiger partial charge in [-0.2, -0.15) is 0 Å². The van der Waals surface area contributed by atoms with Gasteiger partial charge in [-0.1, -0.05) is 18.2 Å². The molecule has 1 saturated heterocycles. The van der Waals surface area contributed by atoms with Crippen LogP contribution in [0.5, 0.6) is 0 Å². The lowest BCUT2D eigenvalue weighted by atomic mass is 10.1. The number of nitrogens with zero attached hydrogens (tertiary/aromatic N) is 2. The van der Waals surface area contributed by atoms with Crippen LogP contribution < -0.4 is 10.2 Å². The van der Waals surface area contributed by atoms with E-state index < -0.39 is 5.97 Å². The first-order valence-corrected chi connectivity index (χ1v) is 6.84. The van der Waals surface area contributed by atoms with Gasteiger partial charge in [-0.15, -0.1) is 0 Å². The summed E-state index contributed by atoms with van der Waals surface area (Å²) in [4.78, 5) is 18.2. The fourth-order valence-corrected chi connectivity index (χ4v) is 2.58. The van der Waals surface area contributed by atoms with E-state index in [9.17, 15) is 9.90 Å². The van der Waals surface area contributed by atoms with Crippen LogP contribution in [0.25, 0.3) is 10.9 Å². The van der Waals surface area contributed by atoms with Gasteiger partial charge in [-0.3, -0.25) is 0 Å². The van der Waals surface area contributed by atoms with E-state index in [1.807, 2.05) is 18.2 Å². The second kappa shape index (κ2) is 5.46. The summed E-state index contributed by atoms with van der Waals surface area (Å²) in [6, 6.07) is 9.08. The number of aromatic carboxylic acids is 1. The summed E-state index contributed by atoms with van der Waals surface area (Å²) in [6.07, 6.45) is 1.04. The van der Waals surface area contributed by atoms with Crippen LogP contribution in [-0.2, 0) is 0 Å². The van der Waals surface area contributed by atoms with Crippen LogP contribution in [0.4, 0.5) is 5.82 Å². The topological polar surface area (TPSA) is 65.5 Å². The van der Waals surface area contributed by atoms with Crippen molar-refractivity contribution in [3.8, 4) is 0 Å².